The molecule has 1 fully saturated rings. The third-order valence-corrected chi connectivity index (χ3v) is 5.70. The van der Waals surface area contributed by atoms with Crippen molar-refractivity contribution < 1.29 is 9.90 Å². The Morgan fingerprint density at radius 2 is 1.36 bits per heavy atom. The van der Waals surface area contributed by atoms with Crippen LogP contribution in [-0.2, 0) is 17.6 Å². The highest BCUT2D eigenvalue weighted by molar-refractivity contribution is 5.67. The summed E-state index contributed by atoms with van der Waals surface area (Å²) in [5.74, 6) is 0.222. The van der Waals surface area contributed by atoms with Gasteiger partial charge in [0.1, 0.15) is 0 Å². The molecule has 0 amide bonds. The molecule has 0 aromatic heterocycles. The number of benzene rings is 2. The molecule has 2 aromatic rings. The number of hydrogen-bond donors (Lipinski definition) is 2. The summed E-state index contributed by atoms with van der Waals surface area (Å²) in [6.07, 6.45) is 3.99. The maximum absolute atomic E-state index is 11.4. The number of rotatable bonds is 7. The van der Waals surface area contributed by atoms with Crippen LogP contribution in [-0.4, -0.2) is 17.6 Å². The van der Waals surface area contributed by atoms with Crippen molar-refractivity contribution in [3.05, 3.63) is 71.8 Å². The standard InChI is InChI=1S/C22H27NO2/c23-16-22(15-21(24)25)13-19(11-17-7-3-1-4-8-17)20(14-22)12-18-9-5-2-6-10-18/h1-10,19-20H,11-16,23H2,(H,24,25)/t19-,20+,22?. The predicted octanol–water partition coefficient (Wildman–Crippen LogP) is 3.92. The first kappa shape index (κ1) is 17.7. The molecule has 1 aliphatic carbocycles. The van der Waals surface area contributed by atoms with Gasteiger partial charge in [-0.2, -0.15) is 0 Å². The fourth-order valence-corrected chi connectivity index (χ4v) is 4.54. The Kier molecular flexibility index (Phi) is 5.54. The molecule has 3 rings (SSSR count). The van der Waals surface area contributed by atoms with E-state index in [1.165, 1.54) is 11.1 Å². The van der Waals surface area contributed by atoms with E-state index in [1.807, 2.05) is 12.1 Å². The molecule has 2 aromatic carbocycles. The highest BCUT2D eigenvalue weighted by atomic mass is 16.4. The van der Waals surface area contributed by atoms with E-state index >= 15 is 0 Å². The van der Waals surface area contributed by atoms with Gasteiger partial charge in [0.05, 0.1) is 6.42 Å². The smallest absolute Gasteiger partial charge is 0.303 e. The molecule has 0 radical (unpaired) electrons. The van der Waals surface area contributed by atoms with Gasteiger partial charge >= 0.3 is 5.97 Å². The first-order valence-corrected chi connectivity index (χ1v) is 9.10. The van der Waals surface area contributed by atoms with Crippen LogP contribution in [0.15, 0.2) is 60.7 Å². The monoisotopic (exact) mass is 337 g/mol. The van der Waals surface area contributed by atoms with Crippen LogP contribution in [0.3, 0.4) is 0 Å². The lowest BCUT2D eigenvalue weighted by atomic mass is 9.81. The molecule has 1 aliphatic rings. The SMILES string of the molecule is NCC1(CC(=O)O)C[C@@H](Cc2ccccc2)[C@@H](Cc2ccccc2)C1. The van der Waals surface area contributed by atoms with Crippen molar-refractivity contribution in [2.45, 2.75) is 32.1 Å². The maximum atomic E-state index is 11.4. The zero-order valence-electron chi connectivity index (χ0n) is 14.6. The van der Waals surface area contributed by atoms with Crippen LogP contribution in [0.4, 0.5) is 0 Å². The maximum Gasteiger partial charge on any atom is 0.303 e. The van der Waals surface area contributed by atoms with Gasteiger partial charge in [-0.3, -0.25) is 4.79 Å². The van der Waals surface area contributed by atoms with E-state index in [0.29, 0.717) is 18.4 Å². The number of carboxylic acid groups (broad SMARTS) is 1. The van der Waals surface area contributed by atoms with Gasteiger partial charge in [-0.25, -0.2) is 0 Å². The summed E-state index contributed by atoms with van der Waals surface area (Å²) in [6, 6.07) is 21.0. The predicted molar refractivity (Wildman–Crippen MR) is 100 cm³/mol. The third-order valence-electron chi connectivity index (χ3n) is 5.70. The molecule has 0 bridgehead atoms. The minimum absolute atomic E-state index is 0.181. The van der Waals surface area contributed by atoms with Crippen LogP contribution in [0, 0.1) is 17.3 Å². The lowest BCUT2D eigenvalue weighted by molar-refractivity contribution is -0.139. The molecule has 132 valence electrons. The molecule has 0 aliphatic heterocycles. The first-order valence-electron chi connectivity index (χ1n) is 9.10. The van der Waals surface area contributed by atoms with Crippen molar-refractivity contribution in [1.82, 2.24) is 0 Å². The highest BCUT2D eigenvalue weighted by Gasteiger charge is 2.45. The molecule has 3 nitrogen and oxygen atoms in total. The molecule has 3 atom stereocenters. The van der Waals surface area contributed by atoms with Gasteiger partial charge in [0.2, 0.25) is 0 Å². The fourth-order valence-electron chi connectivity index (χ4n) is 4.54. The lowest BCUT2D eigenvalue weighted by Gasteiger charge is -2.25. The van der Waals surface area contributed by atoms with Crippen LogP contribution in [0.5, 0.6) is 0 Å². The van der Waals surface area contributed by atoms with Crippen LogP contribution in [0.2, 0.25) is 0 Å². The van der Waals surface area contributed by atoms with Crippen molar-refractivity contribution in [3.63, 3.8) is 0 Å². The van der Waals surface area contributed by atoms with Crippen molar-refractivity contribution in [2.75, 3.05) is 6.54 Å². The molecular weight excluding hydrogens is 310 g/mol. The molecule has 1 saturated carbocycles. The Hall–Kier alpha value is -2.13. The Balaban J connectivity index is 1.81. The zero-order valence-corrected chi connectivity index (χ0v) is 14.6. The second-order valence-electron chi connectivity index (χ2n) is 7.58. The van der Waals surface area contributed by atoms with Gasteiger partial charge in [0.15, 0.2) is 0 Å². The topological polar surface area (TPSA) is 63.3 Å². The summed E-state index contributed by atoms with van der Waals surface area (Å²) in [6.45, 7) is 0.454. The van der Waals surface area contributed by atoms with Gasteiger partial charge in [0, 0.05) is 0 Å². The zero-order chi connectivity index (χ0) is 17.7. The number of carboxylic acids is 1. The average molecular weight is 337 g/mol. The molecule has 3 heteroatoms. The summed E-state index contributed by atoms with van der Waals surface area (Å²) in [5, 5.41) is 9.37. The van der Waals surface area contributed by atoms with Gasteiger partial charge in [-0.15, -0.1) is 0 Å². The van der Waals surface area contributed by atoms with Crippen molar-refractivity contribution in [3.8, 4) is 0 Å². The fraction of sp³-hybridized carbons (Fsp3) is 0.409. The summed E-state index contributed by atoms with van der Waals surface area (Å²) < 4.78 is 0. The van der Waals surface area contributed by atoms with Gasteiger partial charge < -0.3 is 10.8 Å². The molecule has 25 heavy (non-hydrogen) atoms. The van der Waals surface area contributed by atoms with Crippen molar-refractivity contribution in [2.24, 2.45) is 23.0 Å². The quantitative estimate of drug-likeness (QED) is 0.805. The van der Waals surface area contributed by atoms with Gasteiger partial charge in [-0.1, -0.05) is 60.7 Å². The Morgan fingerprint density at radius 1 is 0.920 bits per heavy atom. The average Bonchev–Trinajstić information content (AvgIpc) is 2.93. The van der Waals surface area contributed by atoms with E-state index in [2.05, 4.69) is 48.5 Å². The van der Waals surface area contributed by atoms with E-state index in [9.17, 15) is 9.90 Å². The van der Waals surface area contributed by atoms with E-state index < -0.39 is 5.97 Å². The summed E-state index contributed by atoms with van der Waals surface area (Å²) >= 11 is 0. The van der Waals surface area contributed by atoms with E-state index in [1.54, 1.807) is 0 Å². The van der Waals surface area contributed by atoms with Crippen LogP contribution < -0.4 is 5.73 Å². The summed E-state index contributed by atoms with van der Waals surface area (Å²) in [7, 11) is 0. The molecule has 0 heterocycles. The Labute approximate surface area is 149 Å². The normalized spacial score (nSPS) is 25.8. The second-order valence-corrected chi connectivity index (χ2v) is 7.58. The molecule has 3 N–H and O–H groups in total. The van der Waals surface area contributed by atoms with E-state index in [4.69, 9.17) is 5.73 Å². The molecule has 0 spiro atoms. The molecule has 0 saturated heterocycles. The number of hydrogen-bond acceptors (Lipinski definition) is 2. The summed E-state index contributed by atoms with van der Waals surface area (Å²) in [5.41, 5.74) is 8.46. The van der Waals surface area contributed by atoms with E-state index in [0.717, 1.165) is 25.7 Å². The minimum Gasteiger partial charge on any atom is -0.481 e. The number of nitrogens with two attached hydrogens (primary N) is 1. The van der Waals surface area contributed by atoms with E-state index in [-0.39, 0.29) is 11.8 Å². The number of carbonyl (C=O) groups is 1. The van der Waals surface area contributed by atoms with Gasteiger partial charge in [-0.05, 0) is 60.6 Å². The van der Waals surface area contributed by atoms with Crippen molar-refractivity contribution in [1.29, 1.82) is 0 Å². The van der Waals surface area contributed by atoms with Crippen molar-refractivity contribution >= 4 is 5.97 Å². The molecule has 1 unspecified atom stereocenters. The largest absolute Gasteiger partial charge is 0.481 e. The van der Waals surface area contributed by atoms with Crippen LogP contribution in [0.25, 0.3) is 0 Å². The lowest BCUT2D eigenvalue weighted by Crippen LogP contribution is -2.31. The first-order chi connectivity index (χ1) is 12.1. The Morgan fingerprint density at radius 3 is 1.72 bits per heavy atom. The second kappa shape index (κ2) is 7.83. The summed E-state index contributed by atoms with van der Waals surface area (Å²) in [4.78, 5) is 11.4. The van der Waals surface area contributed by atoms with Crippen LogP contribution >= 0.6 is 0 Å². The van der Waals surface area contributed by atoms with Crippen LogP contribution in [0.1, 0.15) is 30.4 Å². The van der Waals surface area contributed by atoms with Gasteiger partial charge in [0.25, 0.3) is 0 Å². The number of aliphatic carboxylic acids is 1. The minimum atomic E-state index is -0.732. The third kappa shape index (κ3) is 4.49. The molecular formula is C22H27NO2. The highest BCUT2D eigenvalue weighted by Crippen LogP contribution is 2.49. The Bertz CT molecular complexity index is 634.